The average molecular weight is 363 g/mol. The van der Waals surface area contributed by atoms with Crippen molar-refractivity contribution in [3.8, 4) is 0 Å². The van der Waals surface area contributed by atoms with Gasteiger partial charge in [0.15, 0.2) is 0 Å². The molecule has 0 saturated carbocycles. The summed E-state index contributed by atoms with van der Waals surface area (Å²) >= 11 is 0. The van der Waals surface area contributed by atoms with Crippen LogP contribution in [-0.2, 0) is 13.5 Å². The molecule has 140 valence electrons. The number of aromatic nitrogens is 3. The van der Waals surface area contributed by atoms with E-state index in [1.807, 2.05) is 53.0 Å². The molecule has 1 atom stereocenters. The third-order valence-corrected chi connectivity index (χ3v) is 5.32. The third-order valence-electron chi connectivity index (χ3n) is 5.32. The molecule has 6 heteroatoms. The molecule has 2 aromatic heterocycles. The van der Waals surface area contributed by atoms with Crippen molar-refractivity contribution < 1.29 is 4.79 Å². The predicted octanol–water partition coefficient (Wildman–Crippen LogP) is 3.99. The van der Waals surface area contributed by atoms with Crippen molar-refractivity contribution in [1.29, 1.82) is 0 Å². The van der Waals surface area contributed by atoms with E-state index < -0.39 is 0 Å². The van der Waals surface area contributed by atoms with E-state index in [0.29, 0.717) is 0 Å². The van der Waals surface area contributed by atoms with Gasteiger partial charge < -0.3 is 14.8 Å². The van der Waals surface area contributed by atoms with Crippen molar-refractivity contribution in [2.24, 2.45) is 7.05 Å². The predicted molar refractivity (Wildman–Crippen MR) is 107 cm³/mol. The zero-order chi connectivity index (χ0) is 18.6. The molecule has 0 bridgehead atoms. The lowest BCUT2D eigenvalue weighted by molar-refractivity contribution is 0.158. The van der Waals surface area contributed by atoms with Gasteiger partial charge in [-0.25, -0.2) is 9.78 Å². The Balaban J connectivity index is 1.43. The molecule has 2 amide bonds. The molecule has 1 aliphatic heterocycles. The maximum atomic E-state index is 12.9. The Bertz CT molecular complexity index is 921. The fourth-order valence-electron chi connectivity index (χ4n) is 3.84. The molecule has 27 heavy (non-hydrogen) atoms. The molecule has 0 aliphatic carbocycles. The molecule has 1 saturated heterocycles. The third kappa shape index (κ3) is 3.94. The second-order valence-electron chi connectivity index (χ2n) is 7.19. The van der Waals surface area contributed by atoms with E-state index in [4.69, 9.17) is 0 Å². The van der Waals surface area contributed by atoms with Crippen molar-refractivity contribution in [2.45, 2.75) is 38.1 Å². The minimum Gasteiger partial charge on any atom is -0.334 e. The number of imidazole rings is 1. The van der Waals surface area contributed by atoms with Gasteiger partial charge in [0, 0.05) is 37.2 Å². The first kappa shape index (κ1) is 17.5. The summed E-state index contributed by atoms with van der Waals surface area (Å²) in [5, 5.41) is 3.06. The van der Waals surface area contributed by atoms with E-state index in [0.717, 1.165) is 54.6 Å². The second kappa shape index (κ2) is 7.78. The van der Waals surface area contributed by atoms with Crippen molar-refractivity contribution in [1.82, 2.24) is 19.4 Å². The minimum absolute atomic E-state index is 0.0176. The number of benzene rings is 1. The molecule has 1 fully saturated rings. The van der Waals surface area contributed by atoms with E-state index >= 15 is 0 Å². The summed E-state index contributed by atoms with van der Waals surface area (Å²) in [6, 6.07) is 12.1. The summed E-state index contributed by atoms with van der Waals surface area (Å²) in [6.45, 7) is 0.810. The Kier molecular flexibility index (Phi) is 5.05. The number of piperidine rings is 1. The molecule has 1 aromatic carbocycles. The van der Waals surface area contributed by atoms with Gasteiger partial charge >= 0.3 is 6.03 Å². The molecule has 3 heterocycles. The van der Waals surface area contributed by atoms with Crippen LogP contribution in [0.4, 0.5) is 10.5 Å². The van der Waals surface area contributed by atoms with Crippen LogP contribution >= 0.6 is 0 Å². The first-order valence-corrected chi connectivity index (χ1v) is 9.59. The standard InChI is InChI=1S/C21H25N5O/c1-25-15-23-19-14-17(9-11-20(19)25)24-21(27)26-13-5-3-7-18(26)10-8-16-6-2-4-12-22-16/h2,4,6,9,11-12,14-15,18H,3,5,7-8,10,13H2,1H3,(H,24,27)/t18-/m0/s1. The first-order chi connectivity index (χ1) is 13.2. The van der Waals surface area contributed by atoms with Crippen LogP contribution < -0.4 is 5.32 Å². The first-order valence-electron chi connectivity index (χ1n) is 9.59. The number of carbonyl (C=O) groups is 1. The average Bonchev–Trinajstić information content (AvgIpc) is 3.07. The van der Waals surface area contributed by atoms with Crippen LogP contribution in [-0.4, -0.2) is 38.1 Å². The van der Waals surface area contributed by atoms with Crippen LogP contribution in [0.2, 0.25) is 0 Å². The Morgan fingerprint density at radius 1 is 1.22 bits per heavy atom. The number of fused-ring (bicyclic) bond motifs is 1. The number of aryl methyl sites for hydroxylation is 2. The topological polar surface area (TPSA) is 63.1 Å². The zero-order valence-corrected chi connectivity index (χ0v) is 15.6. The number of carbonyl (C=O) groups excluding carboxylic acids is 1. The van der Waals surface area contributed by atoms with E-state index in [-0.39, 0.29) is 12.1 Å². The molecule has 0 spiro atoms. The Morgan fingerprint density at radius 2 is 2.15 bits per heavy atom. The second-order valence-corrected chi connectivity index (χ2v) is 7.19. The van der Waals surface area contributed by atoms with Crippen LogP contribution in [0.25, 0.3) is 11.0 Å². The van der Waals surface area contributed by atoms with Gasteiger partial charge in [0.1, 0.15) is 0 Å². The summed E-state index contributed by atoms with van der Waals surface area (Å²) in [6.07, 6.45) is 8.75. The highest BCUT2D eigenvalue weighted by Gasteiger charge is 2.26. The highest BCUT2D eigenvalue weighted by molar-refractivity contribution is 5.92. The summed E-state index contributed by atoms with van der Waals surface area (Å²) in [5.74, 6) is 0. The fraction of sp³-hybridized carbons (Fsp3) is 0.381. The van der Waals surface area contributed by atoms with Crippen molar-refractivity contribution in [3.05, 3.63) is 54.6 Å². The van der Waals surface area contributed by atoms with E-state index in [1.54, 1.807) is 6.33 Å². The number of amides is 2. The lowest BCUT2D eigenvalue weighted by Gasteiger charge is -2.35. The van der Waals surface area contributed by atoms with Gasteiger partial charge in [0.2, 0.25) is 0 Å². The molecule has 6 nitrogen and oxygen atoms in total. The number of nitrogens with zero attached hydrogens (tertiary/aromatic N) is 4. The number of rotatable bonds is 4. The summed E-state index contributed by atoms with van der Waals surface area (Å²) in [7, 11) is 1.97. The molecule has 0 unspecified atom stereocenters. The largest absolute Gasteiger partial charge is 0.334 e. The maximum Gasteiger partial charge on any atom is 0.322 e. The van der Waals surface area contributed by atoms with E-state index in [1.165, 1.54) is 6.42 Å². The molecule has 0 radical (unpaired) electrons. The van der Waals surface area contributed by atoms with Crippen LogP contribution in [0.15, 0.2) is 48.9 Å². The lowest BCUT2D eigenvalue weighted by Crippen LogP contribution is -2.46. The molecular weight excluding hydrogens is 338 g/mol. The highest BCUT2D eigenvalue weighted by Crippen LogP contribution is 2.23. The smallest absolute Gasteiger partial charge is 0.322 e. The van der Waals surface area contributed by atoms with Gasteiger partial charge in [-0.1, -0.05) is 6.07 Å². The molecule has 4 rings (SSSR count). The van der Waals surface area contributed by atoms with Gasteiger partial charge in [-0.2, -0.15) is 0 Å². The van der Waals surface area contributed by atoms with Gasteiger partial charge in [-0.05, 0) is 62.4 Å². The number of anilines is 1. The monoisotopic (exact) mass is 363 g/mol. The Labute approximate surface area is 159 Å². The minimum atomic E-state index is -0.0176. The Hall–Kier alpha value is -2.89. The quantitative estimate of drug-likeness (QED) is 0.762. The number of hydrogen-bond donors (Lipinski definition) is 1. The SMILES string of the molecule is Cn1cnc2cc(NC(=O)N3CCCC[C@H]3CCc3ccccn3)ccc21. The maximum absolute atomic E-state index is 12.9. The van der Waals surface area contributed by atoms with Crippen LogP contribution in [0.1, 0.15) is 31.4 Å². The summed E-state index contributed by atoms with van der Waals surface area (Å²) < 4.78 is 1.97. The highest BCUT2D eigenvalue weighted by atomic mass is 16.2. The van der Waals surface area contributed by atoms with Crippen LogP contribution in [0.3, 0.4) is 0 Å². The number of hydrogen-bond acceptors (Lipinski definition) is 3. The molecule has 1 N–H and O–H groups in total. The normalized spacial score (nSPS) is 17.2. The lowest BCUT2D eigenvalue weighted by atomic mass is 9.97. The van der Waals surface area contributed by atoms with Crippen LogP contribution in [0.5, 0.6) is 0 Å². The number of nitrogens with one attached hydrogen (secondary N) is 1. The van der Waals surface area contributed by atoms with E-state index in [9.17, 15) is 4.79 Å². The van der Waals surface area contributed by atoms with Crippen molar-refractivity contribution >= 4 is 22.8 Å². The van der Waals surface area contributed by atoms with Crippen LogP contribution in [0, 0.1) is 0 Å². The number of urea groups is 1. The molecule has 3 aromatic rings. The zero-order valence-electron chi connectivity index (χ0n) is 15.6. The molecular formula is C21H25N5O. The van der Waals surface area contributed by atoms with Crippen molar-refractivity contribution in [2.75, 3.05) is 11.9 Å². The van der Waals surface area contributed by atoms with Gasteiger partial charge in [-0.15, -0.1) is 0 Å². The Morgan fingerprint density at radius 3 is 3.00 bits per heavy atom. The summed E-state index contributed by atoms with van der Waals surface area (Å²) in [4.78, 5) is 23.7. The van der Waals surface area contributed by atoms with E-state index in [2.05, 4.69) is 21.4 Å². The van der Waals surface area contributed by atoms with Gasteiger partial charge in [-0.3, -0.25) is 4.98 Å². The number of likely N-dealkylation sites (tertiary alicyclic amines) is 1. The van der Waals surface area contributed by atoms with Crippen molar-refractivity contribution in [3.63, 3.8) is 0 Å². The fourth-order valence-corrected chi connectivity index (χ4v) is 3.84. The summed E-state index contributed by atoms with van der Waals surface area (Å²) in [5.41, 5.74) is 3.82. The van der Waals surface area contributed by atoms with Gasteiger partial charge in [0.05, 0.1) is 17.4 Å². The van der Waals surface area contributed by atoms with Gasteiger partial charge in [0.25, 0.3) is 0 Å². The number of pyridine rings is 1. The molecule has 1 aliphatic rings.